The number of furan rings is 1. The van der Waals surface area contributed by atoms with Crippen molar-refractivity contribution in [3.8, 4) is 0 Å². The van der Waals surface area contributed by atoms with Crippen LogP contribution in [-0.4, -0.2) is 6.29 Å². The molecule has 1 aliphatic carbocycles. The van der Waals surface area contributed by atoms with Gasteiger partial charge in [0.2, 0.25) is 0 Å². The maximum absolute atomic E-state index is 10.1. The van der Waals surface area contributed by atoms with Gasteiger partial charge in [0, 0.05) is 12.0 Å². The Labute approximate surface area is 46.1 Å². The molecule has 0 aliphatic heterocycles. The van der Waals surface area contributed by atoms with Gasteiger partial charge in [-0.1, -0.05) is 0 Å². The van der Waals surface area contributed by atoms with E-state index in [0.717, 1.165) is 29.6 Å². The lowest BCUT2D eigenvalue weighted by Gasteiger charge is -1.73. The Morgan fingerprint density at radius 2 is 2.62 bits per heavy atom. The predicted octanol–water partition coefficient (Wildman–Crippen LogP) is 0.996. The third-order valence-electron chi connectivity index (χ3n) is 1.35. The molecule has 0 atom stereocenters. The largest absolute Gasteiger partial charge is 0.468 e. The van der Waals surface area contributed by atoms with Gasteiger partial charge in [-0.15, -0.1) is 0 Å². The molecule has 0 radical (unpaired) electrons. The highest BCUT2D eigenvalue weighted by Gasteiger charge is 2.25. The Bertz CT molecular complexity index is 235. The molecular formula is C6H4O2. The van der Waals surface area contributed by atoms with Gasteiger partial charge in [0.05, 0.1) is 5.56 Å². The standard InChI is InChI=1S/C6H4O2/c7-2-4-3-8-6-1-5(4)6/h2-3H,1H2. The number of carbonyl (C=O) groups is 1. The Morgan fingerprint density at radius 1 is 1.75 bits per heavy atom. The Morgan fingerprint density at radius 3 is 2.88 bits per heavy atom. The number of carbonyl (C=O) groups excluding carboxylic acids is 1. The normalized spacial score (nSPS) is 13.0. The quantitative estimate of drug-likeness (QED) is 0.510. The van der Waals surface area contributed by atoms with Crippen LogP contribution in [0.3, 0.4) is 0 Å². The van der Waals surface area contributed by atoms with Crippen LogP contribution in [0.1, 0.15) is 21.7 Å². The first kappa shape index (κ1) is 3.89. The van der Waals surface area contributed by atoms with E-state index in [-0.39, 0.29) is 0 Å². The second kappa shape index (κ2) is 1.02. The molecule has 1 heterocycles. The molecule has 0 aromatic carbocycles. The molecule has 0 N–H and O–H groups in total. The first-order chi connectivity index (χ1) is 3.92. The molecule has 8 heavy (non-hydrogen) atoms. The minimum Gasteiger partial charge on any atom is -0.468 e. The third-order valence-corrected chi connectivity index (χ3v) is 1.35. The molecule has 2 nitrogen and oxygen atoms in total. The van der Waals surface area contributed by atoms with Crippen molar-refractivity contribution < 1.29 is 9.21 Å². The first-order valence-corrected chi connectivity index (χ1v) is 2.46. The summed E-state index contributed by atoms with van der Waals surface area (Å²) in [6.45, 7) is 0. The highest BCUT2D eigenvalue weighted by atomic mass is 16.3. The van der Waals surface area contributed by atoms with E-state index in [1.165, 1.54) is 6.26 Å². The lowest BCUT2D eigenvalue weighted by Crippen LogP contribution is -1.71. The minimum absolute atomic E-state index is 0.722. The van der Waals surface area contributed by atoms with Crippen molar-refractivity contribution in [2.45, 2.75) is 6.42 Å². The lowest BCUT2D eigenvalue weighted by atomic mass is 10.3. The maximum atomic E-state index is 10.1. The molecule has 0 saturated heterocycles. The van der Waals surface area contributed by atoms with E-state index in [2.05, 4.69) is 0 Å². The fraction of sp³-hybridized carbons (Fsp3) is 0.167. The molecule has 1 aliphatic rings. The van der Waals surface area contributed by atoms with Crippen molar-refractivity contribution in [2.75, 3.05) is 0 Å². The third kappa shape index (κ3) is 0.304. The summed E-state index contributed by atoms with van der Waals surface area (Å²) in [4.78, 5) is 10.1. The van der Waals surface area contributed by atoms with Crippen LogP contribution in [0.2, 0.25) is 0 Å². The van der Waals surface area contributed by atoms with Crippen LogP contribution in [0, 0.1) is 0 Å². The number of hydrogen-bond donors (Lipinski definition) is 0. The number of aldehydes is 1. The molecule has 0 bridgehead atoms. The highest BCUT2D eigenvalue weighted by molar-refractivity contribution is 5.79. The van der Waals surface area contributed by atoms with Crippen LogP contribution >= 0.6 is 0 Å². The average molecular weight is 108 g/mol. The van der Waals surface area contributed by atoms with E-state index >= 15 is 0 Å². The lowest BCUT2D eigenvalue weighted by molar-refractivity contribution is 0.112. The summed E-state index contributed by atoms with van der Waals surface area (Å²) < 4.78 is 4.92. The summed E-state index contributed by atoms with van der Waals surface area (Å²) in [5, 5.41) is 0. The van der Waals surface area contributed by atoms with Crippen molar-refractivity contribution in [2.24, 2.45) is 0 Å². The fourth-order valence-electron chi connectivity index (χ4n) is 0.797. The monoisotopic (exact) mass is 108 g/mol. The van der Waals surface area contributed by atoms with Gasteiger partial charge in [-0.2, -0.15) is 0 Å². The predicted molar refractivity (Wildman–Crippen MR) is 26.9 cm³/mol. The molecule has 0 unspecified atom stereocenters. The first-order valence-electron chi connectivity index (χ1n) is 2.46. The topological polar surface area (TPSA) is 30.2 Å². The van der Waals surface area contributed by atoms with Crippen LogP contribution in [0.25, 0.3) is 0 Å². The van der Waals surface area contributed by atoms with Crippen molar-refractivity contribution in [3.63, 3.8) is 0 Å². The minimum atomic E-state index is 0.722. The maximum Gasteiger partial charge on any atom is 0.153 e. The number of rotatable bonds is 1. The van der Waals surface area contributed by atoms with E-state index < -0.39 is 0 Å². The summed E-state index contributed by atoms with van der Waals surface area (Å²) >= 11 is 0. The van der Waals surface area contributed by atoms with Crippen molar-refractivity contribution in [3.05, 3.63) is 23.2 Å². The van der Waals surface area contributed by atoms with Gasteiger partial charge >= 0.3 is 0 Å². The van der Waals surface area contributed by atoms with Crippen LogP contribution in [0.15, 0.2) is 10.7 Å². The van der Waals surface area contributed by atoms with Crippen LogP contribution in [0.5, 0.6) is 0 Å². The zero-order chi connectivity index (χ0) is 5.56. The Balaban J connectivity index is 2.62. The van der Waals surface area contributed by atoms with Gasteiger partial charge in [0.25, 0.3) is 0 Å². The van der Waals surface area contributed by atoms with E-state index in [9.17, 15) is 4.79 Å². The molecule has 2 rings (SSSR count). The van der Waals surface area contributed by atoms with Gasteiger partial charge < -0.3 is 4.42 Å². The zero-order valence-electron chi connectivity index (χ0n) is 4.18. The average Bonchev–Trinajstić information content (AvgIpc) is 2.46. The molecule has 1 aromatic rings. The van der Waals surface area contributed by atoms with Crippen LogP contribution in [-0.2, 0) is 6.42 Å². The molecule has 0 amide bonds. The molecule has 1 aromatic heterocycles. The molecule has 2 heteroatoms. The Hall–Kier alpha value is -1.05. The van der Waals surface area contributed by atoms with E-state index in [4.69, 9.17) is 4.42 Å². The molecular weight excluding hydrogens is 104 g/mol. The van der Waals surface area contributed by atoms with E-state index in [1.54, 1.807) is 0 Å². The summed E-state index contributed by atoms with van der Waals surface area (Å²) in [5.74, 6) is 0.979. The smallest absolute Gasteiger partial charge is 0.153 e. The molecule has 0 fully saturated rings. The Kier molecular flexibility index (Phi) is 0.497. The number of fused-ring (bicyclic) bond motifs is 1. The van der Waals surface area contributed by atoms with Gasteiger partial charge in [0.15, 0.2) is 6.29 Å². The van der Waals surface area contributed by atoms with Gasteiger partial charge in [0.1, 0.15) is 12.0 Å². The molecule has 40 valence electrons. The second-order valence-corrected chi connectivity index (χ2v) is 1.89. The van der Waals surface area contributed by atoms with Crippen molar-refractivity contribution in [1.82, 2.24) is 0 Å². The second-order valence-electron chi connectivity index (χ2n) is 1.89. The van der Waals surface area contributed by atoms with Crippen LogP contribution in [0.4, 0.5) is 0 Å². The highest BCUT2D eigenvalue weighted by Crippen LogP contribution is 2.31. The molecule has 0 saturated carbocycles. The van der Waals surface area contributed by atoms with Crippen molar-refractivity contribution in [1.29, 1.82) is 0 Å². The zero-order valence-corrected chi connectivity index (χ0v) is 4.18. The summed E-state index contributed by atoms with van der Waals surface area (Å²) in [5.41, 5.74) is 1.82. The van der Waals surface area contributed by atoms with Gasteiger partial charge in [-0.25, -0.2) is 0 Å². The van der Waals surface area contributed by atoms with Gasteiger partial charge in [-0.05, 0) is 0 Å². The van der Waals surface area contributed by atoms with Gasteiger partial charge in [-0.3, -0.25) is 4.79 Å². The van der Waals surface area contributed by atoms with Crippen LogP contribution < -0.4 is 0 Å². The van der Waals surface area contributed by atoms with Crippen molar-refractivity contribution >= 4 is 6.29 Å². The SMILES string of the molecule is O=Cc1coc2c1C2. The number of hydrogen-bond acceptors (Lipinski definition) is 2. The molecule has 0 spiro atoms. The van der Waals surface area contributed by atoms with E-state index in [1.807, 2.05) is 0 Å². The summed E-state index contributed by atoms with van der Waals surface area (Å²) in [6, 6.07) is 0. The summed E-state index contributed by atoms with van der Waals surface area (Å²) in [7, 11) is 0. The summed E-state index contributed by atoms with van der Waals surface area (Å²) in [6.07, 6.45) is 3.22. The fourth-order valence-corrected chi connectivity index (χ4v) is 0.797. The van der Waals surface area contributed by atoms with E-state index in [0.29, 0.717) is 0 Å².